The van der Waals surface area contributed by atoms with Gasteiger partial charge in [-0.3, -0.25) is 0 Å². The molecule has 0 aliphatic heterocycles. The topological polar surface area (TPSA) is 34.2 Å². The lowest BCUT2D eigenvalue weighted by Crippen LogP contribution is -2.24. The van der Waals surface area contributed by atoms with Gasteiger partial charge in [0.15, 0.2) is 0 Å². The molecule has 4 heteroatoms. The van der Waals surface area contributed by atoms with E-state index >= 15 is 0 Å². The molecular weight excluding hydrogens is 244 g/mol. The molecule has 1 heterocycles. The van der Waals surface area contributed by atoms with Gasteiger partial charge < -0.3 is 10.1 Å². The highest BCUT2D eigenvalue weighted by Crippen LogP contribution is 2.36. The van der Waals surface area contributed by atoms with E-state index in [4.69, 9.17) is 9.72 Å². The van der Waals surface area contributed by atoms with Crippen LogP contribution >= 0.6 is 11.3 Å². The van der Waals surface area contributed by atoms with Gasteiger partial charge in [-0.1, -0.05) is 6.92 Å². The Morgan fingerprint density at radius 2 is 2.33 bits per heavy atom. The minimum atomic E-state index is 0.137. The third-order valence-electron chi connectivity index (χ3n) is 3.37. The molecule has 0 saturated carbocycles. The van der Waals surface area contributed by atoms with Crippen molar-refractivity contribution in [1.82, 2.24) is 10.3 Å². The number of aryl methyl sites for hydroxylation is 1. The molecular formula is C14H24N2OS. The SMILES string of the molecule is CCCNC1CCCc2nc(C(C)OCC)sc21. The zero-order valence-corrected chi connectivity index (χ0v) is 12.5. The van der Waals surface area contributed by atoms with Crippen LogP contribution in [0.5, 0.6) is 0 Å². The summed E-state index contributed by atoms with van der Waals surface area (Å²) in [5.74, 6) is 0. The lowest BCUT2D eigenvalue weighted by Gasteiger charge is -2.22. The molecule has 0 radical (unpaired) electrons. The summed E-state index contributed by atoms with van der Waals surface area (Å²) in [4.78, 5) is 6.24. The summed E-state index contributed by atoms with van der Waals surface area (Å²) in [6, 6.07) is 0.522. The van der Waals surface area contributed by atoms with Gasteiger partial charge in [0.25, 0.3) is 0 Å². The summed E-state index contributed by atoms with van der Waals surface area (Å²) < 4.78 is 5.65. The fourth-order valence-corrected chi connectivity index (χ4v) is 3.67. The second-order valence-electron chi connectivity index (χ2n) is 4.86. The first-order valence-electron chi connectivity index (χ1n) is 7.10. The molecule has 1 aliphatic rings. The summed E-state index contributed by atoms with van der Waals surface area (Å²) in [5.41, 5.74) is 1.31. The summed E-state index contributed by atoms with van der Waals surface area (Å²) >= 11 is 1.84. The van der Waals surface area contributed by atoms with Gasteiger partial charge in [-0.15, -0.1) is 11.3 Å². The first kappa shape index (κ1) is 14.0. The highest BCUT2D eigenvalue weighted by molar-refractivity contribution is 7.11. The maximum absolute atomic E-state index is 5.65. The van der Waals surface area contributed by atoms with Crippen LogP contribution in [0, 0.1) is 0 Å². The molecule has 2 unspecified atom stereocenters. The Labute approximate surface area is 114 Å². The Bertz CT molecular complexity index is 378. The smallest absolute Gasteiger partial charge is 0.122 e. The maximum Gasteiger partial charge on any atom is 0.122 e. The van der Waals surface area contributed by atoms with Gasteiger partial charge in [0.1, 0.15) is 11.1 Å². The number of fused-ring (bicyclic) bond motifs is 1. The van der Waals surface area contributed by atoms with Crippen molar-refractivity contribution in [2.45, 2.75) is 58.6 Å². The quantitative estimate of drug-likeness (QED) is 0.855. The predicted octanol–water partition coefficient (Wildman–Crippen LogP) is 3.62. The molecule has 2 rings (SSSR count). The van der Waals surface area contributed by atoms with Crippen LogP contribution in [0.1, 0.15) is 67.8 Å². The molecule has 1 aliphatic carbocycles. The van der Waals surface area contributed by atoms with Gasteiger partial charge in [-0.05, 0) is 46.1 Å². The Balaban J connectivity index is 2.12. The number of thiazole rings is 1. The summed E-state index contributed by atoms with van der Waals surface area (Å²) in [7, 11) is 0. The van der Waals surface area contributed by atoms with Crippen LogP contribution in [0.25, 0.3) is 0 Å². The highest BCUT2D eigenvalue weighted by atomic mass is 32.1. The standard InChI is InChI=1S/C14H24N2OS/c1-4-9-15-11-7-6-8-12-13(11)18-14(16-12)10(3)17-5-2/h10-11,15H,4-9H2,1-3H3. The van der Waals surface area contributed by atoms with E-state index in [1.54, 1.807) is 0 Å². The van der Waals surface area contributed by atoms with Crippen molar-refractivity contribution in [1.29, 1.82) is 0 Å². The summed E-state index contributed by atoms with van der Waals surface area (Å²) in [5, 5.41) is 4.79. The fourth-order valence-electron chi connectivity index (χ4n) is 2.45. The minimum absolute atomic E-state index is 0.137. The van der Waals surface area contributed by atoms with E-state index in [1.165, 1.54) is 29.8 Å². The average molecular weight is 268 g/mol. The molecule has 18 heavy (non-hydrogen) atoms. The molecule has 0 aromatic carbocycles. The lowest BCUT2D eigenvalue weighted by atomic mass is 9.98. The molecule has 2 atom stereocenters. The van der Waals surface area contributed by atoms with Gasteiger partial charge in [0.05, 0.1) is 5.69 Å². The van der Waals surface area contributed by atoms with Crippen LogP contribution in [0.15, 0.2) is 0 Å². The van der Waals surface area contributed by atoms with E-state index in [-0.39, 0.29) is 6.10 Å². The van der Waals surface area contributed by atoms with Gasteiger partial charge in [-0.2, -0.15) is 0 Å². The van der Waals surface area contributed by atoms with Crippen LogP contribution in [-0.4, -0.2) is 18.1 Å². The Morgan fingerprint density at radius 3 is 3.06 bits per heavy atom. The molecule has 0 fully saturated rings. The van der Waals surface area contributed by atoms with E-state index in [2.05, 4.69) is 19.2 Å². The molecule has 0 bridgehead atoms. The molecule has 3 nitrogen and oxygen atoms in total. The minimum Gasteiger partial charge on any atom is -0.372 e. The number of rotatable bonds is 6. The Morgan fingerprint density at radius 1 is 1.50 bits per heavy atom. The zero-order chi connectivity index (χ0) is 13.0. The number of ether oxygens (including phenoxy) is 1. The van der Waals surface area contributed by atoms with E-state index in [0.717, 1.165) is 24.6 Å². The van der Waals surface area contributed by atoms with Crippen molar-refractivity contribution >= 4 is 11.3 Å². The first-order chi connectivity index (χ1) is 8.76. The number of hydrogen-bond acceptors (Lipinski definition) is 4. The third kappa shape index (κ3) is 3.11. The molecule has 0 amide bonds. The van der Waals surface area contributed by atoms with Crippen molar-refractivity contribution < 1.29 is 4.74 Å². The van der Waals surface area contributed by atoms with Crippen LogP contribution in [0.3, 0.4) is 0 Å². The maximum atomic E-state index is 5.65. The van der Waals surface area contributed by atoms with Crippen LogP contribution in [-0.2, 0) is 11.2 Å². The third-order valence-corrected chi connectivity index (χ3v) is 4.74. The van der Waals surface area contributed by atoms with Gasteiger partial charge in [0.2, 0.25) is 0 Å². The van der Waals surface area contributed by atoms with Crippen molar-refractivity contribution in [3.05, 3.63) is 15.6 Å². The van der Waals surface area contributed by atoms with E-state index in [0.29, 0.717) is 6.04 Å². The lowest BCUT2D eigenvalue weighted by molar-refractivity contribution is 0.0761. The van der Waals surface area contributed by atoms with Crippen LogP contribution in [0.2, 0.25) is 0 Å². The molecule has 0 spiro atoms. The zero-order valence-electron chi connectivity index (χ0n) is 11.7. The molecule has 0 saturated heterocycles. The van der Waals surface area contributed by atoms with Crippen molar-refractivity contribution in [3.63, 3.8) is 0 Å². The molecule has 1 aromatic heterocycles. The average Bonchev–Trinajstić information content (AvgIpc) is 2.81. The first-order valence-corrected chi connectivity index (χ1v) is 7.92. The number of nitrogens with zero attached hydrogens (tertiary/aromatic N) is 1. The Kier molecular flexibility index (Phi) is 5.15. The number of aromatic nitrogens is 1. The number of hydrogen-bond donors (Lipinski definition) is 1. The Hall–Kier alpha value is -0.450. The van der Waals surface area contributed by atoms with E-state index < -0.39 is 0 Å². The normalized spacial score (nSPS) is 20.7. The predicted molar refractivity (Wildman–Crippen MR) is 76.1 cm³/mol. The fraction of sp³-hybridized carbons (Fsp3) is 0.786. The van der Waals surface area contributed by atoms with E-state index in [1.807, 2.05) is 18.3 Å². The summed E-state index contributed by atoms with van der Waals surface area (Å²) in [6.45, 7) is 8.20. The van der Waals surface area contributed by atoms with Crippen molar-refractivity contribution in [2.75, 3.05) is 13.2 Å². The largest absolute Gasteiger partial charge is 0.372 e. The van der Waals surface area contributed by atoms with Gasteiger partial charge in [0, 0.05) is 17.5 Å². The van der Waals surface area contributed by atoms with Crippen LogP contribution < -0.4 is 5.32 Å². The molecule has 1 N–H and O–H groups in total. The molecule has 102 valence electrons. The second kappa shape index (κ2) is 6.64. The van der Waals surface area contributed by atoms with Crippen molar-refractivity contribution in [3.8, 4) is 0 Å². The van der Waals surface area contributed by atoms with Gasteiger partial charge in [-0.25, -0.2) is 4.98 Å². The highest BCUT2D eigenvalue weighted by Gasteiger charge is 2.25. The molecule has 1 aromatic rings. The van der Waals surface area contributed by atoms with Gasteiger partial charge >= 0.3 is 0 Å². The van der Waals surface area contributed by atoms with Crippen LogP contribution in [0.4, 0.5) is 0 Å². The monoisotopic (exact) mass is 268 g/mol. The number of nitrogens with one attached hydrogen (secondary N) is 1. The summed E-state index contributed by atoms with van der Waals surface area (Å²) in [6.07, 6.45) is 4.96. The van der Waals surface area contributed by atoms with E-state index in [9.17, 15) is 0 Å². The second-order valence-corrected chi connectivity index (χ2v) is 5.92. The van der Waals surface area contributed by atoms with Crippen molar-refractivity contribution in [2.24, 2.45) is 0 Å².